The number of ether oxygens (including phenoxy) is 1. The van der Waals surface area contributed by atoms with Crippen molar-refractivity contribution in [1.82, 2.24) is 9.97 Å². The highest BCUT2D eigenvalue weighted by Gasteiger charge is 2.10. The van der Waals surface area contributed by atoms with Gasteiger partial charge in [-0.1, -0.05) is 45.4 Å². The van der Waals surface area contributed by atoms with Crippen LogP contribution in [0.5, 0.6) is 11.6 Å². The molecule has 1 aromatic carbocycles. The van der Waals surface area contributed by atoms with Crippen LogP contribution < -0.4 is 4.74 Å². The zero-order valence-corrected chi connectivity index (χ0v) is 13.9. The molecule has 0 saturated heterocycles. The van der Waals surface area contributed by atoms with Gasteiger partial charge in [0.05, 0.1) is 0 Å². The Balaban J connectivity index is 2.28. The molecule has 0 saturated carbocycles. The number of aryl methyl sites for hydroxylation is 1. The molecule has 2 rings (SSSR count). The van der Waals surface area contributed by atoms with Gasteiger partial charge in [-0.3, -0.25) is 0 Å². The molecule has 0 aliphatic rings. The van der Waals surface area contributed by atoms with Gasteiger partial charge in [0.25, 0.3) is 0 Å². The van der Waals surface area contributed by atoms with Gasteiger partial charge in [0.2, 0.25) is 5.88 Å². The summed E-state index contributed by atoms with van der Waals surface area (Å²) in [7, 11) is 0. The summed E-state index contributed by atoms with van der Waals surface area (Å²) in [6.45, 7) is 10.5. The summed E-state index contributed by atoms with van der Waals surface area (Å²) in [5, 5.41) is 0.402. The minimum absolute atomic E-state index is 0.205. The molecule has 0 amide bonds. The summed E-state index contributed by atoms with van der Waals surface area (Å²) in [6.07, 6.45) is 0. The van der Waals surface area contributed by atoms with Crippen molar-refractivity contribution in [2.24, 2.45) is 0 Å². The van der Waals surface area contributed by atoms with Crippen molar-refractivity contribution in [2.45, 2.75) is 46.5 Å². The van der Waals surface area contributed by atoms with Gasteiger partial charge in [-0.05, 0) is 36.1 Å². The van der Waals surface area contributed by atoms with Crippen LogP contribution in [-0.4, -0.2) is 9.97 Å². The second-order valence-corrected chi connectivity index (χ2v) is 6.20. The average molecular weight is 305 g/mol. The SMILES string of the molecule is Cc1cc(Oc2cc(Cl)nc(C(C)C)n2)ccc1C(C)C. The first-order valence-electron chi connectivity index (χ1n) is 7.19. The van der Waals surface area contributed by atoms with Crippen molar-refractivity contribution in [1.29, 1.82) is 0 Å². The van der Waals surface area contributed by atoms with Gasteiger partial charge < -0.3 is 4.74 Å². The number of hydrogen-bond donors (Lipinski definition) is 0. The van der Waals surface area contributed by atoms with Gasteiger partial charge in [-0.2, -0.15) is 4.98 Å². The van der Waals surface area contributed by atoms with Crippen LogP contribution >= 0.6 is 11.6 Å². The largest absolute Gasteiger partial charge is 0.439 e. The fourth-order valence-electron chi connectivity index (χ4n) is 2.20. The van der Waals surface area contributed by atoms with Crippen LogP contribution in [0.3, 0.4) is 0 Å². The number of hydrogen-bond acceptors (Lipinski definition) is 3. The van der Waals surface area contributed by atoms with Gasteiger partial charge in [-0.15, -0.1) is 0 Å². The van der Waals surface area contributed by atoms with Crippen molar-refractivity contribution in [2.75, 3.05) is 0 Å². The number of rotatable bonds is 4. The Hall–Kier alpha value is -1.61. The fraction of sp³-hybridized carbons (Fsp3) is 0.412. The Bertz CT molecular complexity index is 639. The van der Waals surface area contributed by atoms with Crippen molar-refractivity contribution in [3.05, 3.63) is 46.4 Å². The lowest BCUT2D eigenvalue weighted by Crippen LogP contribution is -2.00. The molecule has 4 heteroatoms. The molecule has 0 aliphatic heterocycles. The average Bonchev–Trinajstić information content (AvgIpc) is 2.37. The summed E-state index contributed by atoms with van der Waals surface area (Å²) < 4.78 is 5.83. The molecule has 0 unspecified atom stereocenters. The van der Waals surface area contributed by atoms with E-state index < -0.39 is 0 Å². The van der Waals surface area contributed by atoms with E-state index in [0.717, 1.165) is 5.75 Å². The molecular weight excluding hydrogens is 284 g/mol. The normalized spacial score (nSPS) is 11.2. The van der Waals surface area contributed by atoms with Crippen LogP contribution in [0.1, 0.15) is 56.5 Å². The summed E-state index contributed by atoms with van der Waals surface area (Å²) in [4.78, 5) is 8.60. The Morgan fingerprint density at radius 1 is 1.00 bits per heavy atom. The first-order valence-corrected chi connectivity index (χ1v) is 7.57. The topological polar surface area (TPSA) is 35.0 Å². The van der Waals surface area contributed by atoms with Gasteiger partial charge in [0.15, 0.2) is 0 Å². The highest BCUT2D eigenvalue weighted by molar-refractivity contribution is 6.29. The molecule has 2 aromatic rings. The highest BCUT2D eigenvalue weighted by atomic mass is 35.5. The monoisotopic (exact) mass is 304 g/mol. The van der Waals surface area contributed by atoms with E-state index in [2.05, 4.69) is 36.8 Å². The van der Waals surface area contributed by atoms with Crippen molar-refractivity contribution in [3.8, 4) is 11.6 Å². The van der Waals surface area contributed by atoms with E-state index in [9.17, 15) is 0 Å². The Kier molecular flexibility index (Phi) is 4.84. The summed E-state index contributed by atoms with van der Waals surface area (Å²) in [5.41, 5.74) is 2.54. The Morgan fingerprint density at radius 2 is 1.71 bits per heavy atom. The van der Waals surface area contributed by atoms with Crippen LogP contribution in [0.25, 0.3) is 0 Å². The van der Waals surface area contributed by atoms with Crippen molar-refractivity contribution < 1.29 is 4.74 Å². The number of aromatic nitrogens is 2. The molecule has 0 N–H and O–H groups in total. The third-order valence-corrected chi connectivity index (χ3v) is 3.48. The summed E-state index contributed by atoms with van der Waals surface area (Å²) in [6, 6.07) is 7.73. The maximum Gasteiger partial charge on any atom is 0.224 e. The Morgan fingerprint density at radius 3 is 2.29 bits per heavy atom. The summed E-state index contributed by atoms with van der Waals surface area (Å²) >= 11 is 6.03. The second kappa shape index (κ2) is 6.44. The lowest BCUT2D eigenvalue weighted by atomic mass is 9.98. The maximum absolute atomic E-state index is 6.03. The van der Waals surface area contributed by atoms with Crippen LogP contribution in [-0.2, 0) is 0 Å². The molecule has 1 aromatic heterocycles. The quantitative estimate of drug-likeness (QED) is 0.702. The van der Waals surface area contributed by atoms with E-state index in [1.54, 1.807) is 6.07 Å². The molecule has 0 bridgehead atoms. The molecule has 0 spiro atoms. The van der Waals surface area contributed by atoms with Gasteiger partial charge >= 0.3 is 0 Å². The molecule has 0 aliphatic carbocycles. The van der Waals surface area contributed by atoms with Crippen molar-refractivity contribution >= 4 is 11.6 Å². The minimum Gasteiger partial charge on any atom is -0.439 e. The Labute approximate surface area is 131 Å². The molecule has 0 atom stereocenters. The standard InChI is InChI=1S/C17H21ClN2O/c1-10(2)14-7-6-13(8-12(14)5)21-16-9-15(18)19-17(20-16)11(3)4/h6-11H,1-5H3. The van der Waals surface area contributed by atoms with E-state index in [0.29, 0.717) is 22.8 Å². The molecule has 112 valence electrons. The van der Waals surface area contributed by atoms with Gasteiger partial charge in [0, 0.05) is 12.0 Å². The zero-order valence-electron chi connectivity index (χ0n) is 13.1. The highest BCUT2D eigenvalue weighted by Crippen LogP contribution is 2.27. The van der Waals surface area contributed by atoms with Crippen LogP contribution in [0, 0.1) is 6.92 Å². The first-order chi connectivity index (χ1) is 9.86. The van der Waals surface area contributed by atoms with Gasteiger partial charge in [0.1, 0.15) is 16.7 Å². The maximum atomic E-state index is 6.03. The zero-order chi connectivity index (χ0) is 15.6. The molecule has 0 radical (unpaired) electrons. The van der Waals surface area contributed by atoms with E-state index in [-0.39, 0.29) is 5.92 Å². The lowest BCUT2D eigenvalue weighted by molar-refractivity contribution is 0.456. The predicted molar refractivity (Wildman–Crippen MR) is 86.5 cm³/mol. The fourth-order valence-corrected chi connectivity index (χ4v) is 2.38. The minimum atomic E-state index is 0.205. The van der Waals surface area contributed by atoms with E-state index in [4.69, 9.17) is 16.3 Å². The molecule has 1 heterocycles. The van der Waals surface area contributed by atoms with Crippen LogP contribution in [0.15, 0.2) is 24.3 Å². The van der Waals surface area contributed by atoms with Crippen molar-refractivity contribution in [3.63, 3.8) is 0 Å². The molecule has 3 nitrogen and oxygen atoms in total. The number of benzene rings is 1. The van der Waals surface area contributed by atoms with E-state index in [1.165, 1.54) is 11.1 Å². The molecule has 21 heavy (non-hydrogen) atoms. The summed E-state index contributed by atoms with van der Waals surface area (Å²) in [5.74, 6) is 2.64. The number of halogens is 1. The van der Waals surface area contributed by atoms with Gasteiger partial charge in [-0.25, -0.2) is 4.98 Å². The third kappa shape index (κ3) is 3.94. The lowest BCUT2D eigenvalue weighted by Gasteiger charge is -2.12. The molecule has 0 fully saturated rings. The van der Waals surface area contributed by atoms with E-state index in [1.807, 2.05) is 26.0 Å². The van der Waals surface area contributed by atoms with Crippen LogP contribution in [0.2, 0.25) is 5.15 Å². The van der Waals surface area contributed by atoms with E-state index >= 15 is 0 Å². The third-order valence-electron chi connectivity index (χ3n) is 3.29. The molecular formula is C17H21ClN2O. The second-order valence-electron chi connectivity index (χ2n) is 5.82. The van der Waals surface area contributed by atoms with Crippen LogP contribution in [0.4, 0.5) is 0 Å². The number of nitrogens with zero attached hydrogens (tertiary/aromatic N) is 2. The predicted octanol–water partition coefficient (Wildman–Crippen LogP) is 5.48. The smallest absolute Gasteiger partial charge is 0.224 e. The first kappa shape index (κ1) is 15.8.